The van der Waals surface area contributed by atoms with E-state index in [4.69, 9.17) is 0 Å². The highest BCUT2D eigenvalue weighted by atomic mass is 79.9. The lowest BCUT2D eigenvalue weighted by Crippen LogP contribution is -2.16. The van der Waals surface area contributed by atoms with Gasteiger partial charge in [-0.05, 0) is 52.7 Å². The highest BCUT2D eigenvalue weighted by Gasteiger charge is 2.12. The lowest BCUT2D eigenvalue weighted by atomic mass is 10.2. The van der Waals surface area contributed by atoms with E-state index in [1.54, 1.807) is 36.9 Å². The van der Waals surface area contributed by atoms with Crippen LogP contribution in [0.15, 0.2) is 34.9 Å². The van der Waals surface area contributed by atoms with Crippen molar-refractivity contribution in [1.82, 2.24) is 4.57 Å². The van der Waals surface area contributed by atoms with Crippen LogP contribution in [0, 0.1) is 12.7 Å². The molecular weight excluding hydrogens is 299 g/mol. The molecule has 0 atom stereocenters. The summed E-state index contributed by atoms with van der Waals surface area (Å²) in [7, 11) is 1.79. The van der Waals surface area contributed by atoms with Crippen molar-refractivity contribution in [3.63, 3.8) is 0 Å². The molecule has 0 fully saturated rings. The fraction of sp³-hybridized carbons (Fsp3) is 0.154. The largest absolute Gasteiger partial charge is 0.345 e. The summed E-state index contributed by atoms with van der Waals surface area (Å²) in [6.07, 6.45) is 1.80. The van der Waals surface area contributed by atoms with Gasteiger partial charge in [0.05, 0.1) is 0 Å². The molecule has 0 radical (unpaired) electrons. The zero-order chi connectivity index (χ0) is 13.3. The van der Waals surface area contributed by atoms with Crippen LogP contribution in [0.2, 0.25) is 0 Å². The molecule has 0 unspecified atom stereocenters. The van der Waals surface area contributed by atoms with Crippen LogP contribution >= 0.6 is 15.9 Å². The van der Waals surface area contributed by atoms with Crippen molar-refractivity contribution >= 4 is 27.5 Å². The number of carbonyl (C=O) groups is 1. The predicted molar refractivity (Wildman–Crippen MR) is 72.2 cm³/mol. The average molecular weight is 311 g/mol. The molecule has 0 aliphatic rings. The minimum atomic E-state index is -0.313. The Morgan fingerprint density at radius 2 is 2.11 bits per heavy atom. The maximum Gasteiger partial charge on any atom is 0.272 e. The Morgan fingerprint density at radius 1 is 1.39 bits per heavy atom. The summed E-state index contributed by atoms with van der Waals surface area (Å²) in [5.41, 5.74) is 1.83. The number of rotatable bonds is 2. The molecule has 1 N–H and O–H groups in total. The van der Waals surface area contributed by atoms with E-state index in [1.807, 2.05) is 0 Å². The number of nitrogens with one attached hydrogen (secondary N) is 1. The van der Waals surface area contributed by atoms with Crippen LogP contribution in [0.5, 0.6) is 0 Å². The zero-order valence-corrected chi connectivity index (χ0v) is 11.6. The zero-order valence-electron chi connectivity index (χ0n) is 10.00. The van der Waals surface area contributed by atoms with Gasteiger partial charge in [-0.25, -0.2) is 4.39 Å². The molecular formula is C13H12BrFN2O. The number of aryl methyl sites for hydroxylation is 2. The molecule has 1 heterocycles. The minimum Gasteiger partial charge on any atom is -0.345 e. The van der Waals surface area contributed by atoms with Crippen LogP contribution in [0.25, 0.3) is 0 Å². The first-order chi connectivity index (χ1) is 8.47. The summed E-state index contributed by atoms with van der Waals surface area (Å²) in [4.78, 5) is 12.0. The quantitative estimate of drug-likeness (QED) is 0.905. The van der Waals surface area contributed by atoms with Gasteiger partial charge in [-0.3, -0.25) is 4.79 Å². The lowest BCUT2D eigenvalue weighted by molar-refractivity contribution is 0.101. The topological polar surface area (TPSA) is 34.0 Å². The first kappa shape index (κ1) is 12.8. The fourth-order valence-corrected chi connectivity index (χ4v) is 2.23. The molecule has 2 aromatic rings. The molecule has 0 aliphatic carbocycles. The number of benzene rings is 1. The van der Waals surface area contributed by atoms with Gasteiger partial charge in [-0.15, -0.1) is 0 Å². The SMILES string of the molecule is Cc1cc(F)ccc1NC(=O)c1cc(Br)cn1C. The van der Waals surface area contributed by atoms with Gasteiger partial charge >= 0.3 is 0 Å². The highest BCUT2D eigenvalue weighted by Crippen LogP contribution is 2.18. The number of halogens is 2. The Labute approximate surface area is 113 Å². The van der Waals surface area contributed by atoms with Crippen LogP contribution in [-0.4, -0.2) is 10.5 Å². The van der Waals surface area contributed by atoms with E-state index >= 15 is 0 Å². The van der Waals surface area contributed by atoms with Gasteiger partial charge in [0.2, 0.25) is 0 Å². The van der Waals surface area contributed by atoms with Crippen molar-refractivity contribution in [3.8, 4) is 0 Å². The van der Waals surface area contributed by atoms with E-state index in [1.165, 1.54) is 12.1 Å². The molecule has 1 aromatic heterocycles. The van der Waals surface area contributed by atoms with E-state index in [-0.39, 0.29) is 11.7 Å². The summed E-state index contributed by atoms with van der Waals surface area (Å²) in [6, 6.07) is 5.99. The molecule has 1 amide bonds. The van der Waals surface area contributed by atoms with Crippen molar-refractivity contribution in [3.05, 3.63) is 52.0 Å². The molecule has 0 spiro atoms. The number of anilines is 1. The number of nitrogens with zero attached hydrogens (tertiary/aromatic N) is 1. The molecule has 94 valence electrons. The Kier molecular flexibility index (Phi) is 3.52. The number of amides is 1. The molecule has 1 aromatic carbocycles. The van der Waals surface area contributed by atoms with E-state index in [9.17, 15) is 9.18 Å². The molecule has 0 bridgehead atoms. The Balaban J connectivity index is 2.24. The normalized spacial score (nSPS) is 10.4. The molecule has 5 heteroatoms. The van der Waals surface area contributed by atoms with Gasteiger partial charge in [0, 0.05) is 23.4 Å². The second-order valence-electron chi connectivity index (χ2n) is 4.07. The van der Waals surface area contributed by atoms with E-state index in [0.29, 0.717) is 16.9 Å². The summed E-state index contributed by atoms with van der Waals surface area (Å²) < 4.78 is 15.5. The number of hydrogen-bond acceptors (Lipinski definition) is 1. The van der Waals surface area contributed by atoms with Crippen LogP contribution < -0.4 is 5.32 Å². The number of hydrogen-bond donors (Lipinski definition) is 1. The van der Waals surface area contributed by atoms with Gasteiger partial charge in [0.15, 0.2) is 0 Å². The van der Waals surface area contributed by atoms with Crippen molar-refractivity contribution < 1.29 is 9.18 Å². The van der Waals surface area contributed by atoms with Crippen LogP contribution in [0.4, 0.5) is 10.1 Å². The van der Waals surface area contributed by atoms with Crippen LogP contribution in [0.3, 0.4) is 0 Å². The summed E-state index contributed by atoms with van der Waals surface area (Å²) in [6.45, 7) is 1.75. The first-order valence-electron chi connectivity index (χ1n) is 5.37. The summed E-state index contributed by atoms with van der Waals surface area (Å²) in [5, 5.41) is 2.76. The van der Waals surface area contributed by atoms with Crippen molar-refractivity contribution in [2.45, 2.75) is 6.92 Å². The van der Waals surface area contributed by atoms with Gasteiger partial charge < -0.3 is 9.88 Å². The van der Waals surface area contributed by atoms with Gasteiger partial charge in [0.25, 0.3) is 5.91 Å². The smallest absolute Gasteiger partial charge is 0.272 e. The summed E-state index contributed by atoms with van der Waals surface area (Å²) in [5.74, 6) is -0.537. The fourth-order valence-electron chi connectivity index (χ4n) is 1.70. The third kappa shape index (κ3) is 2.61. The standard InChI is InChI=1S/C13H12BrFN2O/c1-8-5-10(15)3-4-11(8)16-13(18)12-6-9(14)7-17(12)2/h3-7H,1-2H3,(H,16,18). The van der Waals surface area contributed by atoms with Crippen molar-refractivity contribution in [1.29, 1.82) is 0 Å². The van der Waals surface area contributed by atoms with E-state index < -0.39 is 0 Å². The van der Waals surface area contributed by atoms with E-state index in [2.05, 4.69) is 21.2 Å². The second kappa shape index (κ2) is 4.94. The molecule has 0 aliphatic heterocycles. The third-order valence-corrected chi connectivity index (χ3v) is 3.07. The lowest BCUT2D eigenvalue weighted by Gasteiger charge is -2.08. The molecule has 0 saturated heterocycles. The maximum atomic E-state index is 13.0. The monoisotopic (exact) mass is 310 g/mol. The Hall–Kier alpha value is -1.62. The Morgan fingerprint density at radius 3 is 2.67 bits per heavy atom. The maximum absolute atomic E-state index is 13.0. The van der Waals surface area contributed by atoms with Crippen molar-refractivity contribution in [2.75, 3.05) is 5.32 Å². The predicted octanol–water partition coefficient (Wildman–Crippen LogP) is 3.49. The van der Waals surface area contributed by atoms with Crippen LogP contribution in [-0.2, 0) is 7.05 Å². The van der Waals surface area contributed by atoms with Gasteiger partial charge in [0.1, 0.15) is 11.5 Å². The van der Waals surface area contributed by atoms with Crippen molar-refractivity contribution in [2.24, 2.45) is 7.05 Å². The molecule has 0 saturated carbocycles. The molecule has 3 nitrogen and oxygen atoms in total. The number of carbonyl (C=O) groups excluding carboxylic acids is 1. The highest BCUT2D eigenvalue weighted by molar-refractivity contribution is 9.10. The first-order valence-corrected chi connectivity index (χ1v) is 6.16. The average Bonchev–Trinajstić information content (AvgIpc) is 2.62. The molecule has 18 heavy (non-hydrogen) atoms. The van der Waals surface area contributed by atoms with Crippen LogP contribution in [0.1, 0.15) is 16.1 Å². The van der Waals surface area contributed by atoms with E-state index in [0.717, 1.165) is 4.47 Å². The Bertz CT molecular complexity index is 607. The molecule has 2 rings (SSSR count). The van der Waals surface area contributed by atoms with Gasteiger partial charge in [-0.2, -0.15) is 0 Å². The number of aromatic nitrogens is 1. The van der Waals surface area contributed by atoms with Gasteiger partial charge in [-0.1, -0.05) is 0 Å². The summed E-state index contributed by atoms with van der Waals surface area (Å²) >= 11 is 3.31. The minimum absolute atomic E-state index is 0.224. The third-order valence-electron chi connectivity index (χ3n) is 2.64. The second-order valence-corrected chi connectivity index (χ2v) is 4.98.